The minimum absolute atomic E-state index is 0.834. The Morgan fingerprint density at radius 1 is 1.50 bits per heavy atom. The molecule has 0 atom stereocenters. The molecule has 2 aromatic heterocycles. The van der Waals surface area contributed by atoms with Crippen molar-refractivity contribution in [1.82, 2.24) is 14.4 Å². The van der Waals surface area contributed by atoms with Gasteiger partial charge in [0.1, 0.15) is 10.9 Å². The lowest BCUT2D eigenvalue weighted by Crippen LogP contribution is -1.80. The molecule has 0 bridgehead atoms. The molecule has 0 aliphatic carbocycles. The molecule has 0 aliphatic heterocycles. The molecule has 2 aromatic rings. The molecule has 3 nitrogen and oxygen atoms in total. The molecule has 0 saturated heterocycles. The molecule has 0 unspecified atom stereocenters. The van der Waals surface area contributed by atoms with Gasteiger partial charge in [0.25, 0.3) is 0 Å². The van der Waals surface area contributed by atoms with Gasteiger partial charge in [0.2, 0.25) is 0 Å². The van der Waals surface area contributed by atoms with Crippen molar-refractivity contribution >= 4 is 21.4 Å². The van der Waals surface area contributed by atoms with Crippen LogP contribution < -0.4 is 0 Å². The van der Waals surface area contributed by atoms with Gasteiger partial charge in [-0.05, 0) is 15.9 Å². The summed E-state index contributed by atoms with van der Waals surface area (Å²) in [6.07, 6.45) is 7.08. The normalized spacial score (nSPS) is 10.5. The maximum atomic E-state index is 4.04. The van der Waals surface area contributed by atoms with E-state index in [1.807, 2.05) is 10.6 Å². The summed E-state index contributed by atoms with van der Waals surface area (Å²) in [5, 5.41) is 0. The monoisotopic (exact) mass is 197 g/mol. The molecule has 0 aliphatic rings. The van der Waals surface area contributed by atoms with Crippen molar-refractivity contribution in [2.75, 3.05) is 0 Å². The number of fused-ring (bicyclic) bond motifs is 1. The number of hydrogen-bond donors (Lipinski definition) is 0. The molecular formula is C6H4BrN3. The van der Waals surface area contributed by atoms with E-state index in [1.54, 1.807) is 18.7 Å². The number of hydrogen-bond acceptors (Lipinski definition) is 2. The van der Waals surface area contributed by atoms with E-state index in [2.05, 4.69) is 25.9 Å². The van der Waals surface area contributed by atoms with E-state index in [-0.39, 0.29) is 0 Å². The Hall–Kier alpha value is -0.900. The van der Waals surface area contributed by atoms with Crippen molar-refractivity contribution < 1.29 is 0 Å². The van der Waals surface area contributed by atoms with Gasteiger partial charge >= 0.3 is 0 Å². The first kappa shape index (κ1) is 5.85. The van der Waals surface area contributed by atoms with Crippen LogP contribution in [0.25, 0.3) is 5.52 Å². The van der Waals surface area contributed by atoms with Crippen LogP contribution >= 0.6 is 15.9 Å². The zero-order chi connectivity index (χ0) is 6.97. The lowest BCUT2D eigenvalue weighted by atomic mass is 10.6. The highest BCUT2D eigenvalue weighted by Crippen LogP contribution is 2.12. The van der Waals surface area contributed by atoms with Crippen LogP contribution in [0.1, 0.15) is 0 Å². The molecule has 4 heteroatoms. The molecule has 0 fully saturated rings. The molecule has 50 valence electrons. The standard InChI is InChI=1S/C6H4BrN3/c7-6-5-3-8-1-2-10(5)4-9-6/h1-4H. The number of halogens is 1. The molecule has 0 amide bonds. The first-order chi connectivity index (χ1) is 4.88. The number of imidazole rings is 1. The van der Waals surface area contributed by atoms with Gasteiger partial charge in [-0.15, -0.1) is 0 Å². The molecule has 0 radical (unpaired) electrons. The van der Waals surface area contributed by atoms with Crippen LogP contribution in [0, 0.1) is 0 Å². The summed E-state index contributed by atoms with van der Waals surface area (Å²) in [6.45, 7) is 0. The first-order valence-corrected chi connectivity index (χ1v) is 3.59. The third kappa shape index (κ3) is 0.724. The summed E-state index contributed by atoms with van der Waals surface area (Å²) >= 11 is 3.29. The summed E-state index contributed by atoms with van der Waals surface area (Å²) in [5.74, 6) is 0. The largest absolute Gasteiger partial charge is 0.302 e. The summed E-state index contributed by atoms with van der Waals surface area (Å²) in [6, 6.07) is 0. The zero-order valence-electron chi connectivity index (χ0n) is 5.03. The topological polar surface area (TPSA) is 30.2 Å². The summed E-state index contributed by atoms with van der Waals surface area (Å²) in [7, 11) is 0. The van der Waals surface area contributed by atoms with Crippen LogP contribution in [0.15, 0.2) is 29.5 Å². The average Bonchev–Trinajstić information content (AvgIpc) is 2.34. The van der Waals surface area contributed by atoms with Crippen molar-refractivity contribution in [3.05, 3.63) is 29.5 Å². The quantitative estimate of drug-likeness (QED) is 0.641. The molecule has 0 spiro atoms. The summed E-state index contributed by atoms with van der Waals surface area (Å²) < 4.78 is 2.73. The van der Waals surface area contributed by atoms with Crippen LogP contribution in [0.2, 0.25) is 0 Å². The zero-order valence-corrected chi connectivity index (χ0v) is 6.62. The lowest BCUT2D eigenvalue weighted by Gasteiger charge is -1.88. The van der Waals surface area contributed by atoms with Crippen LogP contribution in [-0.4, -0.2) is 14.4 Å². The molecule has 0 N–H and O–H groups in total. The Morgan fingerprint density at radius 3 is 3.20 bits per heavy atom. The Morgan fingerprint density at radius 2 is 2.40 bits per heavy atom. The van der Waals surface area contributed by atoms with Crippen LogP contribution in [0.5, 0.6) is 0 Å². The van der Waals surface area contributed by atoms with Crippen molar-refractivity contribution in [1.29, 1.82) is 0 Å². The number of aromatic nitrogens is 3. The number of rotatable bonds is 0. The third-order valence-electron chi connectivity index (χ3n) is 1.30. The van der Waals surface area contributed by atoms with E-state index in [9.17, 15) is 0 Å². The van der Waals surface area contributed by atoms with Gasteiger partial charge in [-0.3, -0.25) is 4.98 Å². The molecule has 0 saturated carbocycles. The smallest absolute Gasteiger partial charge is 0.133 e. The molecule has 0 aromatic carbocycles. The Kier molecular flexibility index (Phi) is 1.20. The highest BCUT2D eigenvalue weighted by atomic mass is 79.9. The maximum absolute atomic E-state index is 4.04. The van der Waals surface area contributed by atoms with E-state index in [0.717, 1.165) is 10.1 Å². The van der Waals surface area contributed by atoms with Gasteiger partial charge in [-0.2, -0.15) is 0 Å². The van der Waals surface area contributed by atoms with Gasteiger partial charge < -0.3 is 4.40 Å². The molecular weight excluding hydrogens is 194 g/mol. The maximum Gasteiger partial charge on any atom is 0.133 e. The van der Waals surface area contributed by atoms with Gasteiger partial charge in [-0.1, -0.05) is 0 Å². The van der Waals surface area contributed by atoms with Gasteiger partial charge in [0.15, 0.2) is 0 Å². The predicted molar refractivity (Wildman–Crippen MR) is 40.7 cm³/mol. The van der Waals surface area contributed by atoms with Gasteiger partial charge in [0, 0.05) is 12.4 Å². The van der Waals surface area contributed by atoms with Crippen molar-refractivity contribution in [2.24, 2.45) is 0 Å². The van der Waals surface area contributed by atoms with Crippen molar-refractivity contribution in [2.45, 2.75) is 0 Å². The van der Waals surface area contributed by atoms with E-state index >= 15 is 0 Å². The van der Waals surface area contributed by atoms with E-state index < -0.39 is 0 Å². The van der Waals surface area contributed by atoms with Crippen molar-refractivity contribution in [3.8, 4) is 0 Å². The van der Waals surface area contributed by atoms with Crippen LogP contribution in [0.3, 0.4) is 0 Å². The van der Waals surface area contributed by atoms with E-state index in [4.69, 9.17) is 0 Å². The SMILES string of the molecule is Brc1ncn2ccncc12. The van der Waals surface area contributed by atoms with Crippen molar-refractivity contribution in [3.63, 3.8) is 0 Å². The second-order valence-electron chi connectivity index (χ2n) is 1.90. The van der Waals surface area contributed by atoms with E-state index in [1.165, 1.54) is 0 Å². The Balaban J connectivity index is 2.93. The minimum Gasteiger partial charge on any atom is -0.302 e. The molecule has 10 heavy (non-hydrogen) atoms. The Labute approximate surface area is 65.9 Å². The van der Waals surface area contributed by atoms with Gasteiger partial charge in [0.05, 0.1) is 11.7 Å². The fraction of sp³-hybridized carbons (Fsp3) is 0. The Bertz CT molecular complexity index is 355. The highest BCUT2D eigenvalue weighted by Gasteiger charge is 1.96. The second kappa shape index (κ2) is 2.05. The van der Waals surface area contributed by atoms with Crippen LogP contribution in [0.4, 0.5) is 0 Å². The summed E-state index contributed by atoms with van der Waals surface area (Å²) in [5.41, 5.74) is 0.988. The second-order valence-corrected chi connectivity index (χ2v) is 2.66. The number of nitrogens with zero attached hydrogens (tertiary/aromatic N) is 3. The lowest BCUT2D eigenvalue weighted by molar-refractivity contribution is 1.11. The first-order valence-electron chi connectivity index (χ1n) is 2.80. The molecule has 2 rings (SSSR count). The van der Waals surface area contributed by atoms with Gasteiger partial charge in [-0.25, -0.2) is 4.98 Å². The van der Waals surface area contributed by atoms with E-state index in [0.29, 0.717) is 0 Å². The fourth-order valence-corrected chi connectivity index (χ4v) is 1.21. The fourth-order valence-electron chi connectivity index (χ4n) is 0.810. The minimum atomic E-state index is 0.834. The summed E-state index contributed by atoms with van der Waals surface area (Å²) in [4.78, 5) is 7.99. The average molecular weight is 198 g/mol. The molecule has 2 heterocycles. The van der Waals surface area contributed by atoms with Crippen LogP contribution in [-0.2, 0) is 0 Å². The highest BCUT2D eigenvalue weighted by molar-refractivity contribution is 9.10. The predicted octanol–water partition coefficient (Wildman–Crippen LogP) is 1.49. The third-order valence-corrected chi connectivity index (χ3v) is 1.91.